The zero-order valence-corrected chi connectivity index (χ0v) is 10.5. The molecule has 88 valence electrons. The number of aryl methyl sites for hydroxylation is 1. The second-order valence-electron chi connectivity index (χ2n) is 3.71. The van der Waals surface area contributed by atoms with Crippen LogP contribution >= 0.6 is 11.3 Å². The molecule has 2 aromatic rings. The first-order valence-electron chi connectivity index (χ1n) is 5.50. The van der Waals surface area contributed by atoms with Gasteiger partial charge in [-0.3, -0.25) is 4.79 Å². The molecule has 0 unspecified atom stereocenters. The summed E-state index contributed by atoms with van der Waals surface area (Å²) in [6.45, 7) is 0. The lowest BCUT2D eigenvalue weighted by molar-refractivity contribution is -0.140. The van der Waals surface area contributed by atoms with E-state index in [0.717, 1.165) is 6.42 Å². The molecule has 0 spiro atoms. The Morgan fingerprint density at radius 1 is 1.18 bits per heavy atom. The summed E-state index contributed by atoms with van der Waals surface area (Å²) in [5.74, 6) is -0.153. The third-order valence-electron chi connectivity index (χ3n) is 2.52. The van der Waals surface area contributed by atoms with Crippen LogP contribution in [0.15, 0.2) is 42.5 Å². The van der Waals surface area contributed by atoms with E-state index in [1.54, 1.807) is 11.3 Å². The Morgan fingerprint density at radius 2 is 1.94 bits per heavy atom. The van der Waals surface area contributed by atoms with E-state index in [1.807, 2.05) is 18.2 Å². The molecule has 0 amide bonds. The van der Waals surface area contributed by atoms with E-state index in [2.05, 4.69) is 29.0 Å². The van der Waals surface area contributed by atoms with Gasteiger partial charge in [0.25, 0.3) is 0 Å². The van der Waals surface area contributed by atoms with Crippen LogP contribution in [0, 0.1) is 0 Å². The largest absolute Gasteiger partial charge is 0.469 e. The highest BCUT2D eigenvalue weighted by molar-refractivity contribution is 7.15. The minimum Gasteiger partial charge on any atom is -0.469 e. The number of hydrogen-bond acceptors (Lipinski definition) is 3. The molecule has 0 aliphatic heterocycles. The van der Waals surface area contributed by atoms with E-state index in [4.69, 9.17) is 0 Å². The fraction of sp³-hybridized carbons (Fsp3) is 0.214. The van der Waals surface area contributed by atoms with Crippen molar-refractivity contribution in [3.63, 3.8) is 0 Å². The van der Waals surface area contributed by atoms with Gasteiger partial charge in [0.2, 0.25) is 0 Å². The predicted molar refractivity (Wildman–Crippen MR) is 70.1 cm³/mol. The molecule has 0 aliphatic rings. The lowest BCUT2D eigenvalue weighted by Gasteiger charge is -1.97. The average molecular weight is 246 g/mol. The van der Waals surface area contributed by atoms with E-state index in [9.17, 15) is 4.79 Å². The summed E-state index contributed by atoms with van der Waals surface area (Å²) < 4.78 is 4.63. The van der Waals surface area contributed by atoms with Gasteiger partial charge in [-0.05, 0) is 24.1 Å². The van der Waals surface area contributed by atoms with Crippen molar-refractivity contribution in [3.05, 3.63) is 47.3 Å². The van der Waals surface area contributed by atoms with Crippen molar-refractivity contribution in [2.45, 2.75) is 12.8 Å². The first-order valence-corrected chi connectivity index (χ1v) is 6.32. The molecular weight excluding hydrogens is 232 g/mol. The second-order valence-corrected chi connectivity index (χ2v) is 4.88. The molecule has 1 heterocycles. The maximum Gasteiger partial charge on any atom is 0.305 e. The standard InChI is InChI=1S/C14H14O2S/c1-16-14(15)10-8-12-7-9-13(17-12)11-5-3-2-4-6-11/h2-7,9H,8,10H2,1H3. The molecule has 0 N–H and O–H groups in total. The van der Waals surface area contributed by atoms with Gasteiger partial charge >= 0.3 is 5.97 Å². The summed E-state index contributed by atoms with van der Waals surface area (Å²) >= 11 is 1.73. The Bertz CT molecular complexity index is 488. The van der Waals surface area contributed by atoms with E-state index in [1.165, 1.54) is 22.4 Å². The van der Waals surface area contributed by atoms with Crippen LogP contribution in [0.25, 0.3) is 10.4 Å². The molecule has 2 nitrogen and oxygen atoms in total. The van der Waals surface area contributed by atoms with Crippen molar-refractivity contribution in [2.24, 2.45) is 0 Å². The number of rotatable bonds is 4. The number of methoxy groups -OCH3 is 1. The molecule has 0 radical (unpaired) electrons. The van der Waals surface area contributed by atoms with E-state index in [-0.39, 0.29) is 5.97 Å². The van der Waals surface area contributed by atoms with Crippen LogP contribution in [0.4, 0.5) is 0 Å². The smallest absolute Gasteiger partial charge is 0.305 e. The Labute approximate surface area is 105 Å². The van der Waals surface area contributed by atoms with E-state index in [0.29, 0.717) is 6.42 Å². The summed E-state index contributed by atoms with van der Waals surface area (Å²) in [7, 11) is 1.42. The van der Waals surface area contributed by atoms with Gasteiger partial charge in [0.05, 0.1) is 13.5 Å². The number of thiophene rings is 1. The van der Waals surface area contributed by atoms with Gasteiger partial charge in [0.1, 0.15) is 0 Å². The van der Waals surface area contributed by atoms with Gasteiger partial charge in [-0.15, -0.1) is 11.3 Å². The molecule has 17 heavy (non-hydrogen) atoms. The van der Waals surface area contributed by atoms with E-state index >= 15 is 0 Å². The topological polar surface area (TPSA) is 26.3 Å². The molecule has 0 atom stereocenters. The van der Waals surface area contributed by atoms with Crippen molar-refractivity contribution < 1.29 is 9.53 Å². The summed E-state index contributed by atoms with van der Waals surface area (Å²) in [4.78, 5) is 13.5. The van der Waals surface area contributed by atoms with Crippen LogP contribution in [0.3, 0.4) is 0 Å². The Morgan fingerprint density at radius 3 is 2.65 bits per heavy atom. The van der Waals surface area contributed by atoms with Crippen LogP contribution in [-0.4, -0.2) is 13.1 Å². The molecule has 0 fully saturated rings. The molecule has 1 aromatic carbocycles. The molecule has 0 saturated carbocycles. The van der Waals surface area contributed by atoms with Crippen LogP contribution in [-0.2, 0) is 16.0 Å². The molecule has 1 aromatic heterocycles. The Hall–Kier alpha value is -1.61. The maximum atomic E-state index is 11.0. The van der Waals surface area contributed by atoms with Gasteiger partial charge in [0, 0.05) is 9.75 Å². The number of hydrogen-bond donors (Lipinski definition) is 0. The Kier molecular flexibility index (Phi) is 3.94. The number of carbonyl (C=O) groups excluding carboxylic acids is 1. The van der Waals surface area contributed by atoms with Crippen LogP contribution in [0.5, 0.6) is 0 Å². The SMILES string of the molecule is COC(=O)CCc1ccc(-c2ccccc2)s1. The average Bonchev–Trinajstić information content (AvgIpc) is 2.86. The molecule has 2 rings (SSSR count). The molecular formula is C14H14O2S. The molecule has 3 heteroatoms. The molecule has 0 bridgehead atoms. The quantitative estimate of drug-likeness (QED) is 0.771. The summed E-state index contributed by atoms with van der Waals surface area (Å²) in [6, 6.07) is 14.4. The molecule has 0 aliphatic carbocycles. The second kappa shape index (κ2) is 5.64. The predicted octanol–water partition coefficient (Wildman–Crippen LogP) is 3.52. The summed E-state index contributed by atoms with van der Waals surface area (Å²) in [6.07, 6.45) is 1.20. The summed E-state index contributed by atoms with van der Waals surface area (Å²) in [5.41, 5.74) is 1.22. The van der Waals surface area contributed by atoms with Crippen molar-refractivity contribution >= 4 is 17.3 Å². The lowest BCUT2D eigenvalue weighted by Crippen LogP contribution is -2.00. The van der Waals surface area contributed by atoms with Crippen LogP contribution in [0.1, 0.15) is 11.3 Å². The van der Waals surface area contributed by atoms with Gasteiger partial charge in [0.15, 0.2) is 0 Å². The van der Waals surface area contributed by atoms with Crippen molar-refractivity contribution in [1.82, 2.24) is 0 Å². The minimum atomic E-state index is -0.153. The highest BCUT2D eigenvalue weighted by Gasteiger charge is 2.05. The highest BCUT2D eigenvalue weighted by Crippen LogP contribution is 2.28. The van der Waals surface area contributed by atoms with Crippen LogP contribution < -0.4 is 0 Å². The van der Waals surface area contributed by atoms with Gasteiger partial charge in [-0.1, -0.05) is 30.3 Å². The van der Waals surface area contributed by atoms with Crippen molar-refractivity contribution in [3.8, 4) is 10.4 Å². The fourth-order valence-electron chi connectivity index (χ4n) is 1.60. The number of ether oxygens (including phenoxy) is 1. The third-order valence-corrected chi connectivity index (χ3v) is 3.72. The minimum absolute atomic E-state index is 0.153. The van der Waals surface area contributed by atoms with Crippen LogP contribution in [0.2, 0.25) is 0 Å². The maximum absolute atomic E-state index is 11.0. The number of benzene rings is 1. The highest BCUT2D eigenvalue weighted by atomic mass is 32.1. The van der Waals surface area contributed by atoms with Gasteiger partial charge < -0.3 is 4.74 Å². The Balaban J connectivity index is 2.04. The number of esters is 1. The summed E-state index contributed by atoms with van der Waals surface area (Å²) in [5, 5.41) is 0. The number of carbonyl (C=O) groups is 1. The zero-order valence-electron chi connectivity index (χ0n) is 9.68. The van der Waals surface area contributed by atoms with Gasteiger partial charge in [-0.25, -0.2) is 0 Å². The zero-order chi connectivity index (χ0) is 12.1. The normalized spacial score (nSPS) is 10.2. The third kappa shape index (κ3) is 3.17. The van der Waals surface area contributed by atoms with E-state index < -0.39 is 0 Å². The fourth-order valence-corrected chi connectivity index (χ4v) is 2.61. The molecule has 0 saturated heterocycles. The first kappa shape index (κ1) is 11.9. The van der Waals surface area contributed by atoms with Gasteiger partial charge in [-0.2, -0.15) is 0 Å². The van der Waals surface area contributed by atoms with Crippen molar-refractivity contribution in [2.75, 3.05) is 7.11 Å². The monoisotopic (exact) mass is 246 g/mol. The first-order chi connectivity index (χ1) is 8.29. The van der Waals surface area contributed by atoms with Crippen molar-refractivity contribution in [1.29, 1.82) is 0 Å². The lowest BCUT2D eigenvalue weighted by atomic mass is 10.2.